The lowest BCUT2D eigenvalue weighted by molar-refractivity contribution is 0.416. The van der Waals surface area contributed by atoms with Crippen LogP contribution in [0.25, 0.3) is 11.3 Å². The summed E-state index contributed by atoms with van der Waals surface area (Å²) in [5, 5.41) is 3.23. The summed E-state index contributed by atoms with van der Waals surface area (Å²) in [6.07, 6.45) is 1.51. The number of methoxy groups -OCH3 is 1. The number of ether oxygens (including phenoxy) is 1. The first-order chi connectivity index (χ1) is 12.2. The third kappa shape index (κ3) is 4.03. The number of hydrogen-bond donors (Lipinski definition) is 3. The third-order valence-corrected chi connectivity index (χ3v) is 3.45. The van der Waals surface area contributed by atoms with Crippen LogP contribution in [-0.4, -0.2) is 23.0 Å². The van der Waals surface area contributed by atoms with Gasteiger partial charge in [-0.15, -0.1) is 0 Å². The molecule has 0 amide bonds. The van der Waals surface area contributed by atoms with Crippen LogP contribution in [-0.2, 0) is 0 Å². The van der Waals surface area contributed by atoms with E-state index in [2.05, 4.69) is 20.3 Å². The van der Waals surface area contributed by atoms with Crippen molar-refractivity contribution in [3.05, 3.63) is 60.9 Å². The smallest absolute Gasteiger partial charge is 0.191 e. The van der Waals surface area contributed by atoms with Crippen LogP contribution >= 0.6 is 0 Å². The number of hydrogen-bond acceptors (Lipinski definition) is 5. The summed E-state index contributed by atoms with van der Waals surface area (Å²) in [6, 6.07) is 16.9. The van der Waals surface area contributed by atoms with Gasteiger partial charge in [-0.05, 0) is 36.4 Å². The molecule has 0 aliphatic rings. The second kappa shape index (κ2) is 7.31. The van der Waals surface area contributed by atoms with E-state index in [-0.39, 0.29) is 5.96 Å². The van der Waals surface area contributed by atoms with Crippen LogP contribution in [0.2, 0.25) is 0 Å². The quantitative estimate of drug-likeness (QED) is 0.489. The van der Waals surface area contributed by atoms with E-state index in [1.807, 2.05) is 54.6 Å². The average Bonchev–Trinajstić information content (AvgIpc) is 2.63. The molecule has 3 aromatic rings. The molecule has 5 N–H and O–H groups in total. The van der Waals surface area contributed by atoms with Crippen LogP contribution in [0.5, 0.6) is 5.75 Å². The molecule has 0 atom stereocenters. The molecule has 7 nitrogen and oxygen atoms in total. The maximum atomic E-state index is 5.39. The molecule has 2 aromatic carbocycles. The fourth-order valence-electron chi connectivity index (χ4n) is 2.35. The summed E-state index contributed by atoms with van der Waals surface area (Å²) < 4.78 is 5.39. The minimum absolute atomic E-state index is 0.0259. The molecule has 25 heavy (non-hydrogen) atoms. The number of rotatable bonds is 5. The predicted octanol–water partition coefficient (Wildman–Crippen LogP) is 2.80. The van der Waals surface area contributed by atoms with Gasteiger partial charge < -0.3 is 21.5 Å². The van der Waals surface area contributed by atoms with Gasteiger partial charge in [0.15, 0.2) is 5.96 Å². The van der Waals surface area contributed by atoms with Gasteiger partial charge >= 0.3 is 0 Å². The number of aliphatic imine (C=N–C) groups is 1. The number of nitrogens with one attached hydrogen (secondary N) is 1. The van der Waals surface area contributed by atoms with E-state index >= 15 is 0 Å². The Morgan fingerprint density at radius 2 is 1.80 bits per heavy atom. The fourth-order valence-corrected chi connectivity index (χ4v) is 2.35. The topological polar surface area (TPSA) is 111 Å². The minimum atomic E-state index is 0.0259. The van der Waals surface area contributed by atoms with Crippen LogP contribution in [0.15, 0.2) is 65.9 Å². The van der Waals surface area contributed by atoms with Gasteiger partial charge in [0.25, 0.3) is 0 Å². The van der Waals surface area contributed by atoms with E-state index in [1.54, 1.807) is 7.11 Å². The highest BCUT2D eigenvalue weighted by Gasteiger charge is 2.07. The summed E-state index contributed by atoms with van der Waals surface area (Å²) in [4.78, 5) is 12.6. The van der Waals surface area contributed by atoms with Crippen molar-refractivity contribution >= 4 is 23.2 Å². The number of aromatic nitrogens is 2. The Kier molecular flexibility index (Phi) is 4.75. The highest BCUT2D eigenvalue weighted by molar-refractivity contribution is 5.79. The molecule has 0 radical (unpaired) electrons. The average molecular weight is 334 g/mol. The molecule has 0 saturated heterocycles. The van der Waals surface area contributed by atoms with Gasteiger partial charge in [0.1, 0.15) is 17.9 Å². The Hall–Kier alpha value is -3.61. The molecule has 7 heteroatoms. The zero-order chi connectivity index (χ0) is 17.6. The van der Waals surface area contributed by atoms with Gasteiger partial charge in [0, 0.05) is 17.3 Å². The SMILES string of the molecule is COc1ccccc1-c1cc(Nc2ccc(N=C(N)N)cc2)ncn1. The molecular weight excluding hydrogens is 316 g/mol. The van der Waals surface area contributed by atoms with Gasteiger partial charge in [-0.25, -0.2) is 15.0 Å². The Morgan fingerprint density at radius 1 is 1.04 bits per heavy atom. The van der Waals surface area contributed by atoms with Gasteiger partial charge in [-0.3, -0.25) is 0 Å². The van der Waals surface area contributed by atoms with Gasteiger partial charge in [0.05, 0.1) is 18.5 Å². The maximum absolute atomic E-state index is 5.39. The largest absolute Gasteiger partial charge is 0.496 e. The zero-order valence-electron chi connectivity index (χ0n) is 13.7. The summed E-state index contributed by atoms with van der Waals surface area (Å²) in [5.74, 6) is 1.46. The molecule has 126 valence electrons. The summed E-state index contributed by atoms with van der Waals surface area (Å²) in [5.41, 5.74) is 13.9. The monoisotopic (exact) mass is 334 g/mol. The first-order valence-electron chi connectivity index (χ1n) is 7.58. The van der Waals surface area contributed by atoms with Crippen molar-refractivity contribution in [3.63, 3.8) is 0 Å². The lowest BCUT2D eigenvalue weighted by atomic mass is 10.1. The predicted molar refractivity (Wildman–Crippen MR) is 99.2 cm³/mol. The minimum Gasteiger partial charge on any atom is -0.496 e. The summed E-state index contributed by atoms with van der Waals surface area (Å²) in [6.45, 7) is 0. The van der Waals surface area contributed by atoms with Gasteiger partial charge in [-0.1, -0.05) is 12.1 Å². The van der Waals surface area contributed by atoms with E-state index in [0.29, 0.717) is 11.5 Å². The molecule has 0 unspecified atom stereocenters. The first-order valence-corrected chi connectivity index (χ1v) is 7.58. The molecular formula is C18H18N6O. The van der Waals surface area contributed by atoms with E-state index < -0.39 is 0 Å². The lowest BCUT2D eigenvalue weighted by Crippen LogP contribution is -2.21. The Bertz CT molecular complexity index is 888. The van der Waals surface area contributed by atoms with Crippen molar-refractivity contribution in [1.82, 2.24) is 9.97 Å². The van der Waals surface area contributed by atoms with Crippen molar-refractivity contribution in [1.29, 1.82) is 0 Å². The van der Waals surface area contributed by atoms with E-state index in [0.717, 1.165) is 22.7 Å². The molecule has 0 saturated carbocycles. The molecule has 1 aromatic heterocycles. The van der Waals surface area contributed by atoms with Crippen LogP contribution in [0.4, 0.5) is 17.2 Å². The summed E-state index contributed by atoms with van der Waals surface area (Å²) in [7, 11) is 1.64. The van der Waals surface area contributed by atoms with Crippen LogP contribution in [0.3, 0.4) is 0 Å². The second-order valence-electron chi connectivity index (χ2n) is 5.20. The number of para-hydroxylation sites is 1. The number of nitrogens with two attached hydrogens (primary N) is 2. The zero-order valence-corrected chi connectivity index (χ0v) is 13.7. The first kappa shape index (κ1) is 16.3. The van der Waals surface area contributed by atoms with E-state index in [1.165, 1.54) is 6.33 Å². The van der Waals surface area contributed by atoms with E-state index in [9.17, 15) is 0 Å². The van der Waals surface area contributed by atoms with Crippen molar-refractivity contribution in [3.8, 4) is 17.0 Å². The van der Waals surface area contributed by atoms with Crippen LogP contribution in [0, 0.1) is 0 Å². The van der Waals surface area contributed by atoms with Crippen molar-refractivity contribution in [2.24, 2.45) is 16.5 Å². The standard InChI is InChI=1S/C18H18N6O/c1-25-16-5-3-2-4-14(16)15-10-17(22-11-21-15)23-12-6-8-13(9-7-12)24-18(19)20/h2-11H,1H3,(H4,19,20,24)(H,21,22,23). The van der Waals surface area contributed by atoms with Gasteiger partial charge in [0.2, 0.25) is 0 Å². The molecule has 0 spiro atoms. The lowest BCUT2D eigenvalue weighted by Gasteiger charge is -2.10. The van der Waals surface area contributed by atoms with E-state index in [4.69, 9.17) is 16.2 Å². The van der Waals surface area contributed by atoms with Gasteiger partial charge in [-0.2, -0.15) is 0 Å². The van der Waals surface area contributed by atoms with Crippen molar-refractivity contribution in [2.75, 3.05) is 12.4 Å². The number of benzene rings is 2. The summed E-state index contributed by atoms with van der Waals surface area (Å²) >= 11 is 0. The molecule has 0 aliphatic carbocycles. The maximum Gasteiger partial charge on any atom is 0.191 e. The molecule has 1 heterocycles. The highest BCUT2D eigenvalue weighted by Crippen LogP contribution is 2.29. The van der Waals surface area contributed by atoms with Crippen molar-refractivity contribution < 1.29 is 4.74 Å². The Morgan fingerprint density at radius 3 is 2.52 bits per heavy atom. The Balaban J connectivity index is 1.84. The number of guanidine groups is 1. The van der Waals surface area contributed by atoms with Crippen LogP contribution in [0.1, 0.15) is 0 Å². The normalized spacial score (nSPS) is 10.1. The molecule has 0 bridgehead atoms. The molecule has 0 fully saturated rings. The number of anilines is 2. The molecule has 0 aliphatic heterocycles. The number of nitrogens with zero attached hydrogens (tertiary/aromatic N) is 3. The molecule has 3 rings (SSSR count). The second-order valence-corrected chi connectivity index (χ2v) is 5.20. The highest BCUT2D eigenvalue weighted by atomic mass is 16.5. The third-order valence-electron chi connectivity index (χ3n) is 3.45. The Labute approximate surface area is 145 Å². The van der Waals surface area contributed by atoms with Crippen LogP contribution < -0.4 is 21.5 Å². The van der Waals surface area contributed by atoms with Crippen molar-refractivity contribution in [2.45, 2.75) is 0 Å². The fraction of sp³-hybridized carbons (Fsp3) is 0.0556.